The fraction of sp³-hybridized carbons (Fsp3) is 0.185. The second-order valence-electron chi connectivity index (χ2n) is 7.35. The molecule has 0 aliphatic rings. The van der Waals surface area contributed by atoms with E-state index in [9.17, 15) is 14.4 Å². The van der Waals surface area contributed by atoms with Gasteiger partial charge in [-0.1, -0.05) is 31.2 Å². The van der Waals surface area contributed by atoms with E-state index in [2.05, 4.69) is 28.2 Å². The number of benzene rings is 3. The molecule has 5 nitrogen and oxygen atoms in total. The fourth-order valence-electron chi connectivity index (χ4n) is 3.15. The third-order valence-corrected chi connectivity index (χ3v) is 5.51. The third-order valence-electron chi connectivity index (χ3n) is 4.92. The summed E-state index contributed by atoms with van der Waals surface area (Å²) < 4.78 is 25.4. The van der Waals surface area contributed by atoms with Gasteiger partial charge in [0.1, 0.15) is 24.1 Å². The predicted molar refractivity (Wildman–Crippen MR) is 134 cm³/mol. The molecule has 0 fully saturated rings. The molecule has 0 aromatic heterocycles. The maximum atomic E-state index is 13.1. The maximum absolute atomic E-state index is 13.1. The van der Waals surface area contributed by atoms with Crippen LogP contribution in [0.15, 0.2) is 70.7 Å². The Kier molecular flexibility index (Phi) is 8.83. The number of nitrogens with one attached hydrogen (secondary N) is 1. The first-order valence-corrected chi connectivity index (χ1v) is 11.6. The zero-order valence-corrected chi connectivity index (χ0v) is 20.5. The average molecular weight is 523 g/mol. The molecule has 0 spiro atoms. The molecule has 0 aliphatic carbocycles. The molecule has 0 saturated carbocycles. The second kappa shape index (κ2) is 12.0. The minimum Gasteiger partial charge on any atom is -0.490 e. The van der Waals surface area contributed by atoms with Crippen molar-refractivity contribution in [3.05, 3.63) is 93.2 Å². The highest BCUT2D eigenvalue weighted by Crippen LogP contribution is 2.38. The van der Waals surface area contributed by atoms with Crippen molar-refractivity contribution in [3.8, 4) is 17.6 Å². The lowest BCUT2D eigenvalue weighted by Crippen LogP contribution is -2.13. The molecule has 1 N–H and O–H groups in total. The van der Waals surface area contributed by atoms with E-state index in [4.69, 9.17) is 9.47 Å². The number of ether oxygens (including phenoxy) is 2. The lowest BCUT2D eigenvalue weighted by atomic mass is 10.1. The van der Waals surface area contributed by atoms with Gasteiger partial charge in [0.25, 0.3) is 5.91 Å². The number of anilines is 1. The Labute approximate surface area is 207 Å². The second-order valence-corrected chi connectivity index (χ2v) is 8.21. The summed E-state index contributed by atoms with van der Waals surface area (Å²) in [4.78, 5) is 12.7. The normalized spacial score (nSPS) is 11.0. The highest BCUT2D eigenvalue weighted by Gasteiger charge is 2.15. The summed E-state index contributed by atoms with van der Waals surface area (Å²) in [6, 6.07) is 18.9. The smallest absolute Gasteiger partial charge is 0.266 e. The van der Waals surface area contributed by atoms with Crippen LogP contribution in [0, 0.1) is 17.1 Å². The van der Waals surface area contributed by atoms with Crippen LogP contribution in [0.2, 0.25) is 0 Å². The average Bonchev–Trinajstić information content (AvgIpc) is 2.83. The monoisotopic (exact) mass is 522 g/mol. The van der Waals surface area contributed by atoms with Crippen LogP contribution in [0.25, 0.3) is 6.08 Å². The summed E-state index contributed by atoms with van der Waals surface area (Å²) >= 11 is 3.49. The van der Waals surface area contributed by atoms with Crippen LogP contribution in [0.4, 0.5) is 10.1 Å². The van der Waals surface area contributed by atoms with Gasteiger partial charge in [-0.15, -0.1) is 0 Å². The Morgan fingerprint density at radius 2 is 1.74 bits per heavy atom. The number of halogens is 2. The highest BCUT2D eigenvalue weighted by molar-refractivity contribution is 9.10. The van der Waals surface area contributed by atoms with Gasteiger partial charge in [-0.25, -0.2) is 4.39 Å². The minimum atomic E-state index is -0.502. The number of nitriles is 1. The molecule has 0 atom stereocenters. The van der Waals surface area contributed by atoms with E-state index in [0.717, 1.165) is 17.5 Å². The van der Waals surface area contributed by atoms with E-state index in [-0.39, 0.29) is 18.0 Å². The van der Waals surface area contributed by atoms with E-state index in [1.807, 2.05) is 37.3 Å². The first-order chi connectivity index (χ1) is 16.4. The molecule has 1 amide bonds. The first-order valence-electron chi connectivity index (χ1n) is 10.8. The Morgan fingerprint density at radius 3 is 2.35 bits per heavy atom. The van der Waals surface area contributed by atoms with Gasteiger partial charge in [0, 0.05) is 5.69 Å². The molecule has 174 valence electrons. The highest BCUT2D eigenvalue weighted by atomic mass is 79.9. The van der Waals surface area contributed by atoms with Gasteiger partial charge in [0.15, 0.2) is 11.5 Å². The molecule has 3 rings (SSSR count). The van der Waals surface area contributed by atoms with Crippen LogP contribution in [-0.4, -0.2) is 12.5 Å². The summed E-state index contributed by atoms with van der Waals surface area (Å²) in [5, 5.41) is 12.3. The van der Waals surface area contributed by atoms with Crippen LogP contribution in [-0.2, 0) is 17.8 Å². The quantitative estimate of drug-likeness (QED) is 0.251. The van der Waals surface area contributed by atoms with Crippen molar-refractivity contribution in [2.24, 2.45) is 0 Å². The third kappa shape index (κ3) is 6.69. The Morgan fingerprint density at radius 1 is 1.06 bits per heavy atom. The van der Waals surface area contributed by atoms with Crippen molar-refractivity contribution in [1.82, 2.24) is 0 Å². The lowest BCUT2D eigenvalue weighted by molar-refractivity contribution is -0.112. The van der Waals surface area contributed by atoms with Crippen LogP contribution < -0.4 is 14.8 Å². The maximum Gasteiger partial charge on any atom is 0.266 e. The van der Waals surface area contributed by atoms with Crippen molar-refractivity contribution >= 4 is 33.6 Å². The number of hydrogen-bond donors (Lipinski definition) is 1. The summed E-state index contributed by atoms with van der Waals surface area (Å²) in [5.74, 6) is 0.115. The van der Waals surface area contributed by atoms with Crippen LogP contribution in [0.3, 0.4) is 0 Å². The predicted octanol–water partition coefficient (Wildman–Crippen LogP) is 6.67. The molecule has 34 heavy (non-hydrogen) atoms. The number of nitrogens with zero attached hydrogens (tertiary/aromatic N) is 1. The van der Waals surface area contributed by atoms with Gasteiger partial charge in [0.05, 0.1) is 11.1 Å². The molecule has 0 saturated heterocycles. The summed E-state index contributed by atoms with van der Waals surface area (Å²) in [6.45, 7) is 4.51. The molecule has 0 aliphatic heterocycles. The van der Waals surface area contributed by atoms with Crippen molar-refractivity contribution < 1.29 is 18.7 Å². The Hall–Kier alpha value is -3.63. The van der Waals surface area contributed by atoms with Gasteiger partial charge in [-0.05, 0) is 88.4 Å². The molecule has 0 radical (unpaired) electrons. The van der Waals surface area contributed by atoms with Crippen LogP contribution in [0.1, 0.15) is 30.5 Å². The van der Waals surface area contributed by atoms with Crippen LogP contribution in [0.5, 0.6) is 11.5 Å². The number of amides is 1. The number of hydrogen-bond acceptors (Lipinski definition) is 4. The SMILES string of the molecule is CCOc1cc(/C=C(/C#N)C(=O)Nc2ccc(CC)cc2)cc(Br)c1OCc1ccc(F)cc1. The van der Waals surface area contributed by atoms with Gasteiger partial charge in [-0.2, -0.15) is 5.26 Å². The number of rotatable bonds is 9. The number of carbonyl (C=O) groups excluding carboxylic acids is 1. The Bertz CT molecular complexity index is 1220. The van der Waals surface area contributed by atoms with E-state index in [1.165, 1.54) is 18.2 Å². The number of carbonyl (C=O) groups is 1. The summed E-state index contributed by atoms with van der Waals surface area (Å²) in [5.41, 5.74) is 3.12. The van der Waals surface area contributed by atoms with Crippen molar-refractivity contribution in [2.45, 2.75) is 26.9 Å². The topological polar surface area (TPSA) is 71.3 Å². The molecule has 0 heterocycles. The van der Waals surface area contributed by atoms with E-state index >= 15 is 0 Å². The standard InChI is InChI=1S/C27H24BrFN2O3/c1-3-18-7-11-23(12-8-18)31-27(32)21(16-30)13-20-14-24(28)26(25(15-20)33-4-2)34-17-19-5-9-22(29)10-6-19/h5-15H,3-4,17H2,1-2H3,(H,31,32)/b21-13-. The summed E-state index contributed by atoms with van der Waals surface area (Å²) in [6.07, 6.45) is 2.39. The van der Waals surface area contributed by atoms with E-state index in [0.29, 0.717) is 33.8 Å². The van der Waals surface area contributed by atoms with Crippen molar-refractivity contribution in [2.75, 3.05) is 11.9 Å². The molecule has 0 unspecified atom stereocenters. The van der Waals surface area contributed by atoms with Crippen LogP contribution >= 0.6 is 15.9 Å². The van der Waals surface area contributed by atoms with Crippen molar-refractivity contribution in [3.63, 3.8) is 0 Å². The zero-order valence-electron chi connectivity index (χ0n) is 18.9. The molecular weight excluding hydrogens is 499 g/mol. The number of aryl methyl sites for hydroxylation is 1. The largest absolute Gasteiger partial charge is 0.490 e. The van der Waals surface area contributed by atoms with E-state index < -0.39 is 5.91 Å². The van der Waals surface area contributed by atoms with E-state index in [1.54, 1.807) is 24.3 Å². The minimum absolute atomic E-state index is 0.0473. The molecule has 0 bridgehead atoms. The van der Waals surface area contributed by atoms with Gasteiger partial charge < -0.3 is 14.8 Å². The fourth-order valence-corrected chi connectivity index (χ4v) is 3.72. The zero-order chi connectivity index (χ0) is 24.5. The molecule has 3 aromatic carbocycles. The Balaban J connectivity index is 1.81. The van der Waals surface area contributed by atoms with Crippen molar-refractivity contribution in [1.29, 1.82) is 5.26 Å². The molecule has 7 heteroatoms. The van der Waals surface area contributed by atoms with Gasteiger partial charge >= 0.3 is 0 Å². The lowest BCUT2D eigenvalue weighted by Gasteiger charge is -2.15. The molecule has 3 aromatic rings. The van der Waals surface area contributed by atoms with Gasteiger partial charge in [0.2, 0.25) is 0 Å². The summed E-state index contributed by atoms with van der Waals surface area (Å²) in [7, 11) is 0. The van der Waals surface area contributed by atoms with Gasteiger partial charge in [-0.3, -0.25) is 4.79 Å². The first kappa shape index (κ1) is 25.0. The molecular formula is C27H24BrFN2O3.